The predicted molar refractivity (Wildman–Crippen MR) is 86.7 cm³/mol. The first-order valence-corrected chi connectivity index (χ1v) is 8.52. The lowest BCUT2D eigenvalue weighted by molar-refractivity contribution is 0.0952. The van der Waals surface area contributed by atoms with Gasteiger partial charge in [0.15, 0.2) is 0 Å². The number of hydrogen-bond acceptors (Lipinski definition) is 1. The Bertz CT molecular complexity index is 186. The fourth-order valence-electron chi connectivity index (χ4n) is 2.36. The van der Waals surface area contributed by atoms with Crippen LogP contribution in [0, 0.1) is 0 Å². The molecule has 0 radical (unpaired) electrons. The Balaban J connectivity index is 3.42. The van der Waals surface area contributed by atoms with Crippen molar-refractivity contribution in [1.29, 1.82) is 0 Å². The molecule has 0 aromatic heterocycles. The Morgan fingerprint density at radius 1 is 0.789 bits per heavy atom. The third-order valence-corrected chi connectivity index (χ3v) is 3.75. The molecule has 0 bridgehead atoms. The molecule has 0 N–H and O–H groups in total. The van der Waals surface area contributed by atoms with Crippen molar-refractivity contribution in [2.75, 3.05) is 7.11 Å². The Morgan fingerprint density at radius 2 is 1.42 bits per heavy atom. The van der Waals surface area contributed by atoms with E-state index in [1.807, 2.05) is 7.11 Å². The summed E-state index contributed by atoms with van der Waals surface area (Å²) in [6.45, 7) is 4.53. The Hall–Kier alpha value is -0.300. The van der Waals surface area contributed by atoms with Crippen LogP contribution in [-0.2, 0) is 4.74 Å². The summed E-state index contributed by atoms with van der Waals surface area (Å²) in [6, 6.07) is 0. The minimum atomic E-state index is 0.438. The van der Waals surface area contributed by atoms with Crippen molar-refractivity contribution >= 4 is 0 Å². The summed E-state index contributed by atoms with van der Waals surface area (Å²) in [7, 11) is 1.85. The highest BCUT2D eigenvalue weighted by Crippen LogP contribution is 2.12. The third kappa shape index (κ3) is 13.9. The van der Waals surface area contributed by atoms with Gasteiger partial charge in [0.25, 0.3) is 0 Å². The summed E-state index contributed by atoms with van der Waals surface area (Å²) >= 11 is 0. The van der Waals surface area contributed by atoms with Crippen LogP contribution in [0.5, 0.6) is 0 Å². The fraction of sp³-hybridized carbons (Fsp3) is 0.889. The Labute approximate surface area is 121 Å². The van der Waals surface area contributed by atoms with Gasteiger partial charge in [0.05, 0.1) is 6.10 Å². The van der Waals surface area contributed by atoms with Crippen molar-refractivity contribution in [3.05, 3.63) is 12.2 Å². The smallest absolute Gasteiger partial charge is 0.0605 e. The molecule has 1 unspecified atom stereocenters. The van der Waals surface area contributed by atoms with Crippen LogP contribution in [0.1, 0.15) is 90.9 Å². The van der Waals surface area contributed by atoms with E-state index in [2.05, 4.69) is 26.0 Å². The molecule has 0 saturated heterocycles. The average Bonchev–Trinajstić information content (AvgIpc) is 2.44. The maximum Gasteiger partial charge on any atom is 0.0605 e. The van der Waals surface area contributed by atoms with Gasteiger partial charge in [-0.15, -0.1) is 0 Å². The summed E-state index contributed by atoms with van der Waals surface area (Å²) in [5.41, 5.74) is 0. The van der Waals surface area contributed by atoms with Crippen molar-refractivity contribution in [3.63, 3.8) is 0 Å². The first kappa shape index (κ1) is 18.7. The Morgan fingerprint density at radius 3 is 2.05 bits per heavy atom. The van der Waals surface area contributed by atoms with Crippen molar-refractivity contribution in [2.45, 2.75) is 97.0 Å². The molecule has 0 rings (SSSR count). The number of allylic oxidation sites excluding steroid dienone is 1. The van der Waals surface area contributed by atoms with Crippen molar-refractivity contribution in [3.8, 4) is 0 Å². The summed E-state index contributed by atoms with van der Waals surface area (Å²) in [4.78, 5) is 0. The molecule has 1 heteroatoms. The molecule has 1 nitrogen and oxygen atoms in total. The molecule has 0 aliphatic rings. The largest absolute Gasteiger partial charge is 0.381 e. The van der Waals surface area contributed by atoms with E-state index in [0.29, 0.717) is 6.10 Å². The first-order valence-electron chi connectivity index (χ1n) is 8.52. The second kappa shape index (κ2) is 15.8. The number of ether oxygens (including phenoxy) is 1. The van der Waals surface area contributed by atoms with Crippen LogP contribution >= 0.6 is 0 Å². The highest BCUT2D eigenvalue weighted by atomic mass is 16.5. The fourth-order valence-corrected chi connectivity index (χ4v) is 2.36. The zero-order valence-corrected chi connectivity index (χ0v) is 13.6. The highest BCUT2D eigenvalue weighted by molar-refractivity contribution is 4.84. The second-order valence-electron chi connectivity index (χ2n) is 5.62. The third-order valence-electron chi connectivity index (χ3n) is 3.75. The molecule has 0 aliphatic carbocycles. The van der Waals surface area contributed by atoms with Gasteiger partial charge in [0, 0.05) is 7.11 Å². The lowest BCUT2D eigenvalue weighted by atomic mass is 10.1. The van der Waals surface area contributed by atoms with Gasteiger partial charge in [0.1, 0.15) is 0 Å². The van der Waals surface area contributed by atoms with Gasteiger partial charge in [-0.2, -0.15) is 0 Å². The molecule has 0 aliphatic heterocycles. The van der Waals surface area contributed by atoms with E-state index in [1.54, 1.807) is 0 Å². The van der Waals surface area contributed by atoms with Crippen LogP contribution in [0.3, 0.4) is 0 Å². The number of hydrogen-bond donors (Lipinski definition) is 0. The van der Waals surface area contributed by atoms with Crippen molar-refractivity contribution < 1.29 is 4.74 Å². The zero-order valence-electron chi connectivity index (χ0n) is 13.6. The van der Waals surface area contributed by atoms with Gasteiger partial charge in [0.2, 0.25) is 0 Å². The monoisotopic (exact) mass is 268 g/mol. The van der Waals surface area contributed by atoms with Gasteiger partial charge >= 0.3 is 0 Å². The molecule has 0 fully saturated rings. The molecule has 0 amide bonds. The van der Waals surface area contributed by atoms with E-state index >= 15 is 0 Å². The second-order valence-corrected chi connectivity index (χ2v) is 5.62. The SMILES string of the molecule is CCCCCCC/C=C/CC(CCCCCC)OC. The lowest BCUT2D eigenvalue weighted by Gasteiger charge is -2.12. The number of unbranched alkanes of at least 4 members (excludes halogenated alkanes) is 8. The van der Waals surface area contributed by atoms with E-state index in [4.69, 9.17) is 4.74 Å². The molecule has 0 aromatic carbocycles. The molecular formula is C18H36O. The van der Waals surface area contributed by atoms with Crippen LogP contribution in [0.25, 0.3) is 0 Å². The van der Waals surface area contributed by atoms with Gasteiger partial charge in [-0.1, -0.05) is 77.4 Å². The van der Waals surface area contributed by atoms with Gasteiger partial charge < -0.3 is 4.74 Å². The minimum absolute atomic E-state index is 0.438. The van der Waals surface area contributed by atoms with Crippen LogP contribution < -0.4 is 0 Å². The van der Waals surface area contributed by atoms with Gasteiger partial charge in [-0.25, -0.2) is 0 Å². The topological polar surface area (TPSA) is 9.23 Å². The van der Waals surface area contributed by atoms with Gasteiger partial charge in [-0.05, 0) is 25.7 Å². The summed E-state index contributed by atoms with van der Waals surface area (Å²) in [5.74, 6) is 0. The Kier molecular flexibility index (Phi) is 15.5. The van der Waals surface area contributed by atoms with Gasteiger partial charge in [-0.3, -0.25) is 0 Å². The maximum atomic E-state index is 5.54. The first-order chi connectivity index (χ1) is 9.35. The number of rotatable bonds is 14. The van der Waals surface area contributed by atoms with E-state index in [-0.39, 0.29) is 0 Å². The van der Waals surface area contributed by atoms with Crippen molar-refractivity contribution in [2.24, 2.45) is 0 Å². The normalized spacial score (nSPS) is 13.2. The standard InChI is InChI=1S/C18H36O/c1-4-6-8-10-11-12-13-15-17-18(19-3)16-14-9-7-5-2/h13,15,18H,4-12,14,16-17H2,1-3H3/b15-13+. The molecule has 1 atom stereocenters. The minimum Gasteiger partial charge on any atom is -0.381 e. The van der Waals surface area contributed by atoms with E-state index in [1.165, 1.54) is 70.6 Å². The van der Waals surface area contributed by atoms with E-state index in [0.717, 1.165) is 6.42 Å². The average molecular weight is 268 g/mol. The predicted octanol–water partition coefficient (Wildman–Crippen LogP) is 6.28. The summed E-state index contributed by atoms with van der Waals surface area (Å²) < 4.78 is 5.54. The van der Waals surface area contributed by atoms with E-state index in [9.17, 15) is 0 Å². The summed E-state index contributed by atoms with van der Waals surface area (Å²) in [5, 5.41) is 0. The molecule has 19 heavy (non-hydrogen) atoms. The van der Waals surface area contributed by atoms with Crippen LogP contribution in [-0.4, -0.2) is 13.2 Å². The zero-order chi connectivity index (χ0) is 14.2. The summed E-state index contributed by atoms with van der Waals surface area (Å²) in [6.07, 6.45) is 20.9. The quantitative estimate of drug-likeness (QED) is 0.266. The molecular weight excluding hydrogens is 232 g/mol. The lowest BCUT2D eigenvalue weighted by Crippen LogP contribution is -2.08. The number of methoxy groups -OCH3 is 1. The molecule has 0 spiro atoms. The molecule has 0 saturated carbocycles. The maximum absolute atomic E-state index is 5.54. The highest BCUT2D eigenvalue weighted by Gasteiger charge is 2.03. The molecule has 114 valence electrons. The van der Waals surface area contributed by atoms with Crippen LogP contribution in [0.15, 0.2) is 12.2 Å². The molecule has 0 aromatic rings. The molecule has 0 heterocycles. The van der Waals surface area contributed by atoms with Crippen molar-refractivity contribution in [1.82, 2.24) is 0 Å². The van der Waals surface area contributed by atoms with E-state index < -0.39 is 0 Å². The van der Waals surface area contributed by atoms with Crippen LogP contribution in [0.4, 0.5) is 0 Å². The van der Waals surface area contributed by atoms with Crippen LogP contribution in [0.2, 0.25) is 0 Å².